The van der Waals surface area contributed by atoms with Crippen LogP contribution in [0.4, 0.5) is 0 Å². The highest BCUT2D eigenvalue weighted by molar-refractivity contribution is 5.82. The van der Waals surface area contributed by atoms with Crippen molar-refractivity contribution in [1.29, 1.82) is 0 Å². The van der Waals surface area contributed by atoms with Crippen molar-refractivity contribution in [1.82, 2.24) is 9.88 Å². The fourth-order valence-electron chi connectivity index (χ4n) is 2.26. The van der Waals surface area contributed by atoms with E-state index in [0.717, 1.165) is 12.1 Å². The average Bonchev–Trinajstić information content (AvgIpc) is 2.73. The second kappa shape index (κ2) is 6.00. The number of benzene rings is 1. The molecule has 4 nitrogen and oxygen atoms in total. The van der Waals surface area contributed by atoms with Crippen LogP contribution in [0.5, 0.6) is 0 Å². The van der Waals surface area contributed by atoms with Crippen LogP contribution in [-0.2, 0) is 6.54 Å². The van der Waals surface area contributed by atoms with E-state index in [1.54, 1.807) is 0 Å². The first-order valence-electron chi connectivity index (χ1n) is 6.32. The summed E-state index contributed by atoms with van der Waals surface area (Å²) in [4.78, 5) is 5.38. The minimum atomic E-state index is -0.342. The minimum Gasteiger partial charge on any atom is -0.392 e. The van der Waals surface area contributed by atoms with Crippen LogP contribution in [0.25, 0.3) is 10.9 Å². The molecule has 0 radical (unpaired) electrons. The number of hydrogen-bond acceptors (Lipinski definition) is 3. The van der Waals surface area contributed by atoms with Crippen molar-refractivity contribution >= 4 is 10.9 Å². The van der Waals surface area contributed by atoms with Gasteiger partial charge in [0.05, 0.1) is 6.10 Å². The van der Waals surface area contributed by atoms with Crippen LogP contribution in [-0.4, -0.2) is 41.2 Å². The number of aliphatic hydroxyl groups is 1. The molecule has 0 bridgehead atoms. The number of aromatic amines is 1. The van der Waals surface area contributed by atoms with E-state index < -0.39 is 0 Å². The predicted octanol–water partition coefficient (Wildman–Crippen LogP) is 1.31. The van der Waals surface area contributed by atoms with Gasteiger partial charge < -0.3 is 15.8 Å². The van der Waals surface area contributed by atoms with Gasteiger partial charge in [0.2, 0.25) is 0 Å². The molecule has 2 rings (SSSR count). The van der Waals surface area contributed by atoms with Crippen molar-refractivity contribution in [3.05, 3.63) is 36.0 Å². The van der Waals surface area contributed by atoms with Gasteiger partial charge in [-0.05, 0) is 31.6 Å². The maximum absolute atomic E-state index is 9.73. The number of para-hydroxylation sites is 1. The zero-order valence-electron chi connectivity index (χ0n) is 10.8. The number of nitrogens with zero attached hydrogens (tertiary/aromatic N) is 1. The molecular weight excluding hydrogens is 226 g/mol. The van der Waals surface area contributed by atoms with E-state index in [1.165, 1.54) is 10.9 Å². The Hall–Kier alpha value is -1.36. The van der Waals surface area contributed by atoms with E-state index in [4.69, 9.17) is 5.73 Å². The smallest absolute Gasteiger partial charge is 0.0679 e. The Kier molecular flexibility index (Phi) is 4.36. The molecule has 2 aromatic rings. The molecular formula is C14H21N3O. The van der Waals surface area contributed by atoms with Gasteiger partial charge in [-0.3, -0.25) is 4.90 Å². The van der Waals surface area contributed by atoms with Crippen molar-refractivity contribution in [2.24, 2.45) is 5.73 Å². The van der Waals surface area contributed by atoms with Crippen molar-refractivity contribution in [2.75, 3.05) is 20.1 Å². The normalized spacial score (nSPS) is 13.3. The lowest BCUT2D eigenvalue weighted by molar-refractivity contribution is 0.117. The molecule has 0 fully saturated rings. The maximum Gasteiger partial charge on any atom is 0.0679 e. The van der Waals surface area contributed by atoms with Gasteiger partial charge >= 0.3 is 0 Å². The largest absolute Gasteiger partial charge is 0.392 e. The Morgan fingerprint density at radius 3 is 2.94 bits per heavy atom. The summed E-state index contributed by atoms with van der Waals surface area (Å²) in [7, 11) is 2.02. The summed E-state index contributed by atoms with van der Waals surface area (Å²) in [6.45, 7) is 2.00. The van der Waals surface area contributed by atoms with Gasteiger partial charge in [-0.1, -0.05) is 18.2 Å². The highest BCUT2D eigenvalue weighted by Gasteiger charge is 2.10. The molecule has 1 atom stereocenters. The van der Waals surface area contributed by atoms with Gasteiger partial charge in [0.15, 0.2) is 0 Å². The van der Waals surface area contributed by atoms with E-state index in [2.05, 4.69) is 22.0 Å². The van der Waals surface area contributed by atoms with Crippen LogP contribution in [0.1, 0.15) is 12.0 Å². The van der Waals surface area contributed by atoms with Crippen LogP contribution in [0.15, 0.2) is 30.5 Å². The summed E-state index contributed by atoms with van der Waals surface area (Å²) < 4.78 is 0. The summed E-state index contributed by atoms with van der Waals surface area (Å²) in [6.07, 6.45) is 2.35. The second-order valence-corrected chi connectivity index (χ2v) is 4.79. The summed E-state index contributed by atoms with van der Waals surface area (Å²) in [5, 5.41) is 11.0. The third kappa shape index (κ3) is 3.10. The summed E-state index contributed by atoms with van der Waals surface area (Å²) in [5.74, 6) is 0. The number of aromatic nitrogens is 1. The Labute approximate surface area is 107 Å². The number of nitrogens with one attached hydrogen (secondary N) is 1. The fraction of sp³-hybridized carbons (Fsp3) is 0.429. The summed E-state index contributed by atoms with van der Waals surface area (Å²) in [5.41, 5.74) is 7.85. The van der Waals surface area contributed by atoms with Crippen LogP contribution in [0.3, 0.4) is 0 Å². The molecule has 0 spiro atoms. The molecule has 1 heterocycles. The first kappa shape index (κ1) is 13.1. The van der Waals surface area contributed by atoms with Gasteiger partial charge in [-0.15, -0.1) is 0 Å². The molecule has 4 N–H and O–H groups in total. The molecule has 0 saturated carbocycles. The monoisotopic (exact) mass is 247 g/mol. The quantitative estimate of drug-likeness (QED) is 0.721. The molecule has 1 aromatic heterocycles. The van der Waals surface area contributed by atoms with E-state index in [1.807, 2.05) is 25.4 Å². The average molecular weight is 247 g/mol. The van der Waals surface area contributed by atoms with Crippen molar-refractivity contribution < 1.29 is 5.11 Å². The lowest BCUT2D eigenvalue weighted by atomic mass is 10.1. The number of nitrogens with two attached hydrogens (primary N) is 1. The standard InChI is InChI=1S/C14H21N3O/c1-17(10-12(18)6-7-15)9-11-8-16-14-5-3-2-4-13(11)14/h2-5,8,12,16,18H,6-7,9-10,15H2,1H3. The number of likely N-dealkylation sites (N-methyl/N-ethyl adjacent to an activating group) is 1. The molecule has 1 aromatic carbocycles. The molecule has 0 aliphatic rings. The molecule has 4 heteroatoms. The number of rotatable bonds is 6. The lowest BCUT2D eigenvalue weighted by Gasteiger charge is -2.19. The predicted molar refractivity (Wildman–Crippen MR) is 74.3 cm³/mol. The Morgan fingerprint density at radius 2 is 2.17 bits per heavy atom. The Morgan fingerprint density at radius 1 is 1.39 bits per heavy atom. The number of H-pyrrole nitrogens is 1. The molecule has 0 aliphatic heterocycles. The van der Waals surface area contributed by atoms with Gasteiger partial charge in [0, 0.05) is 30.2 Å². The third-order valence-corrected chi connectivity index (χ3v) is 3.14. The first-order chi connectivity index (χ1) is 8.70. The van der Waals surface area contributed by atoms with Gasteiger partial charge in [0.25, 0.3) is 0 Å². The number of hydrogen-bond donors (Lipinski definition) is 3. The lowest BCUT2D eigenvalue weighted by Crippen LogP contribution is -2.30. The topological polar surface area (TPSA) is 65.3 Å². The Balaban J connectivity index is 2.00. The summed E-state index contributed by atoms with van der Waals surface area (Å²) >= 11 is 0. The SMILES string of the molecule is CN(Cc1c[nH]c2ccccc12)CC(O)CCN. The van der Waals surface area contributed by atoms with Gasteiger partial charge in [0.1, 0.15) is 0 Å². The molecule has 0 aliphatic carbocycles. The molecule has 1 unspecified atom stereocenters. The van der Waals surface area contributed by atoms with E-state index in [9.17, 15) is 5.11 Å². The highest BCUT2D eigenvalue weighted by atomic mass is 16.3. The van der Waals surface area contributed by atoms with Crippen LogP contribution < -0.4 is 5.73 Å². The van der Waals surface area contributed by atoms with E-state index in [-0.39, 0.29) is 6.10 Å². The third-order valence-electron chi connectivity index (χ3n) is 3.14. The zero-order valence-corrected chi connectivity index (χ0v) is 10.8. The van der Waals surface area contributed by atoms with Crippen LogP contribution >= 0.6 is 0 Å². The molecule has 98 valence electrons. The van der Waals surface area contributed by atoms with Gasteiger partial charge in [-0.25, -0.2) is 0 Å². The van der Waals surface area contributed by atoms with Gasteiger partial charge in [-0.2, -0.15) is 0 Å². The van der Waals surface area contributed by atoms with E-state index >= 15 is 0 Å². The Bertz CT molecular complexity index is 494. The van der Waals surface area contributed by atoms with Crippen LogP contribution in [0, 0.1) is 0 Å². The highest BCUT2D eigenvalue weighted by Crippen LogP contribution is 2.18. The number of fused-ring (bicyclic) bond motifs is 1. The minimum absolute atomic E-state index is 0.342. The first-order valence-corrected chi connectivity index (χ1v) is 6.32. The van der Waals surface area contributed by atoms with Crippen LogP contribution in [0.2, 0.25) is 0 Å². The van der Waals surface area contributed by atoms with Crippen molar-refractivity contribution in [2.45, 2.75) is 19.1 Å². The molecule has 0 saturated heterocycles. The summed E-state index contributed by atoms with van der Waals surface area (Å²) in [6, 6.07) is 8.26. The molecule has 0 amide bonds. The fourth-order valence-corrected chi connectivity index (χ4v) is 2.26. The van der Waals surface area contributed by atoms with Crippen molar-refractivity contribution in [3.63, 3.8) is 0 Å². The number of aliphatic hydroxyl groups excluding tert-OH is 1. The zero-order chi connectivity index (χ0) is 13.0. The maximum atomic E-state index is 9.73. The van der Waals surface area contributed by atoms with E-state index in [0.29, 0.717) is 19.5 Å². The molecule has 18 heavy (non-hydrogen) atoms. The van der Waals surface area contributed by atoms with Crippen molar-refractivity contribution in [3.8, 4) is 0 Å². The second-order valence-electron chi connectivity index (χ2n) is 4.79.